The fourth-order valence-corrected chi connectivity index (χ4v) is 4.27. The molecule has 1 aliphatic rings. The largest absolute Gasteiger partial charge is 0.326 e. The maximum absolute atomic E-state index is 12.4. The summed E-state index contributed by atoms with van der Waals surface area (Å²) in [6, 6.07) is 17.5. The van der Waals surface area contributed by atoms with Gasteiger partial charge in [-0.3, -0.25) is 9.00 Å². The molecule has 2 atom stereocenters. The van der Waals surface area contributed by atoms with E-state index in [1.807, 2.05) is 54.6 Å². The van der Waals surface area contributed by atoms with Crippen molar-refractivity contribution >= 4 is 22.4 Å². The van der Waals surface area contributed by atoms with Gasteiger partial charge in [0.05, 0.1) is 5.92 Å². The Morgan fingerprint density at radius 2 is 1.84 bits per heavy atom. The molecule has 1 saturated heterocycles. The van der Waals surface area contributed by atoms with E-state index >= 15 is 0 Å². The molecule has 4 nitrogen and oxygen atoms in total. The van der Waals surface area contributed by atoms with E-state index in [9.17, 15) is 9.00 Å². The van der Waals surface area contributed by atoms with Crippen LogP contribution in [0.1, 0.15) is 24.0 Å². The van der Waals surface area contributed by atoms with Gasteiger partial charge in [0.1, 0.15) is 0 Å². The highest BCUT2D eigenvalue weighted by molar-refractivity contribution is 7.83. The topological polar surface area (TPSA) is 58.2 Å². The summed E-state index contributed by atoms with van der Waals surface area (Å²) in [6.45, 7) is 1.74. The number of hydrogen-bond acceptors (Lipinski definition) is 3. The standard InChI is InChI=1S/C20H24N2O2S/c23-20(18-9-5-11-21-13-18)22-19-10-4-8-17(12-19)15-25(24)14-16-6-2-1-3-7-16/h1-4,6-8,10,12,18,21H,5,9,11,13-15H2,(H,22,23). The number of nitrogens with one attached hydrogen (secondary N) is 2. The molecule has 25 heavy (non-hydrogen) atoms. The molecular weight excluding hydrogens is 332 g/mol. The lowest BCUT2D eigenvalue weighted by molar-refractivity contribution is -0.120. The average molecular weight is 356 g/mol. The van der Waals surface area contributed by atoms with Gasteiger partial charge in [-0.1, -0.05) is 42.5 Å². The Morgan fingerprint density at radius 1 is 1.08 bits per heavy atom. The molecule has 0 bridgehead atoms. The van der Waals surface area contributed by atoms with E-state index in [1.165, 1.54) is 0 Å². The summed E-state index contributed by atoms with van der Waals surface area (Å²) >= 11 is 0. The molecule has 1 fully saturated rings. The van der Waals surface area contributed by atoms with Gasteiger partial charge in [-0.15, -0.1) is 0 Å². The molecule has 0 radical (unpaired) electrons. The Labute approximate surface area is 151 Å². The lowest BCUT2D eigenvalue weighted by Gasteiger charge is -2.22. The quantitative estimate of drug-likeness (QED) is 0.836. The zero-order valence-corrected chi connectivity index (χ0v) is 15.1. The third-order valence-electron chi connectivity index (χ3n) is 4.36. The van der Waals surface area contributed by atoms with E-state index in [-0.39, 0.29) is 11.8 Å². The van der Waals surface area contributed by atoms with Crippen LogP contribution in [0.5, 0.6) is 0 Å². The first-order valence-corrected chi connectivity index (χ1v) is 10.2. The summed E-state index contributed by atoms with van der Waals surface area (Å²) in [5.74, 6) is 1.13. The third-order valence-corrected chi connectivity index (χ3v) is 5.67. The van der Waals surface area contributed by atoms with Crippen LogP contribution in [-0.2, 0) is 27.1 Å². The van der Waals surface area contributed by atoms with E-state index in [0.717, 1.165) is 42.7 Å². The first kappa shape index (κ1) is 17.8. The van der Waals surface area contributed by atoms with Gasteiger partial charge in [0, 0.05) is 34.5 Å². The number of carbonyl (C=O) groups excluding carboxylic acids is 1. The van der Waals surface area contributed by atoms with Gasteiger partial charge in [-0.25, -0.2) is 0 Å². The number of hydrogen-bond donors (Lipinski definition) is 2. The molecule has 0 saturated carbocycles. The van der Waals surface area contributed by atoms with Gasteiger partial charge in [0.15, 0.2) is 0 Å². The van der Waals surface area contributed by atoms with Crippen molar-refractivity contribution < 1.29 is 9.00 Å². The second-order valence-corrected chi connectivity index (χ2v) is 7.90. The maximum Gasteiger partial charge on any atom is 0.228 e. The Bertz CT molecular complexity index is 727. The molecular formula is C20H24N2O2S. The van der Waals surface area contributed by atoms with Crippen LogP contribution in [0.15, 0.2) is 54.6 Å². The van der Waals surface area contributed by atoms with Crippen LogP contribution in [0.2, 0.25) is 0 Å². The first-order valence-electron chi connectivity index (χ1n) is 8.70. The van der Waals surface area contributed by atoms with Crippen molar-refractivity contribution in [1.29, 1.82) is 0 Å². The average Bonchev–Trinajstić information content (AvgIpc) is 2.63. The minimum Gasteiger partial charge on any atom is -0.326 e. The van der Waals surface area contributed by atoms with Crippen molar-refractivity contribution in [2.24, 2.45) is 5.92 Å². The fraction of sp³-hybridized carbons (Fsp3) is 0.350. The smallest absolute Gasteiger partial charge is 0.228 e. The van der Waals surface area contributed by atoms with Crippen molar-refractivity contribution in [3.63, 3.8) is 0 Å². The Kier molecular flexibility index (Phi) is 6.36. The zero-order chi connectivity index (χ0) is 17.5. The van der Waals surface area contributed by atoms with Crippen LogP contribution < -0.4 is 10.6 Å². The Morgan fingerprint density at radius 3 is 2.60 bits per heavy atom. The summed E-state index contributed by atoms with van der Waals surface area (Å²) in [4.78, 5) is 12.3. The second kappa shape index (κ2) is 8.92. The summed E-state index contributed by atoms with van der Waals surface area (Å²) in [6.07, 6.45) is 1.97. The predicted octanol–water partition coefficient (Wildman–Crippen LogP) is 3.07. The van der Waals surface area contributed by atoms with Crippen molar-refractivity contribution in [1.82, 2.24) is 5.32 Å². The molecule has 2 aromatic carbocycles. The van der Waals surface area contributed by atoms with Gasteiger partial charge in [0.2, 0.25) is 5.91 Å². The fourth-order valence-electron chi connectivity index (χ4n) is 3.06. The highest BCUT2D eigenvalue weighted by atomic mass is 32.2. The number of benzene rings is 2. The van der Waals surface area contributed by atoms with E-state index in [1.54, 1.807) is 0 Å². The Balaban J connectivity index is 1.57. The molecule has 1 aliphatic heterocycles. The normalized spacial score (nSPS) is 18.5. The van der Waals surface area contributed by atoms with Crippen LogP contribution in [-0.4, -0.2) is 23.2 Å². The van der Waals surface area contributed by atoms with Crippen molar-refractivity contribution in [2.45, 2.75) is 24.3 Å². The van der Waals surface area contributed by atoms with Crippen LogP contribution in [0.25, 0.3) is 0 Å². The summed E-state index contributed by atoms with van der Waals surface area (Å²) in [7, 11) is -0.970. The van der Waals surface area contributed by atoms with E-state index in [0.29, 0.717) is 11.5 Å². The van der Waals surface area contributed by atoms with Crippen LogP contribution in [0.4, 0.5) is 5.69 Å². The zero-order valence-electron chi connectivity index (χ0n) is 14.2. The van der Waals surface area contributed by atoms with Gasteiger partial charge in [0.25, 0.3) is 0 Å². The molecule has 0 spiro atoms. The molecule has 1 heterocycles. The molecule has 2 aromatic rings. The van der Waals surface area contributed by atoms with Gasteiger partial charge >= 0.3 is 0 Å². The number of anilines is 1. The van der Waals surface area contributed by atoms with Gasteiger partial charge in [-0.2, -0.15) is 0 Å². The number of rotatable bonds is 6. The molecule has 5 heteroatoms. The minimum atomic E-state index is -0.970. The van der Waals surface area contributed by atoms with Crippen molar-refractivity contribution in [3.8, 4) is 0 Å². The minimum absolute atomic E-state index is 0.0321. The molecule has 1 amide bonds. The molecule has 0 aliphatic carbocycles. The van der Waals surface area contributed by atoms with Gasteiger partial charge < -0.3 is 10.6 Å². The first-order chi connectivity index (χ1) is 12.2. The summed E-state index contributed by atoms with van der Waals surface area (Å²) in [5, 5.41) is 6.26. The highest BCUT2D eigenvalue weighted by Gasteiger charge is 2.20. The molecule has 3 rings (SSSR count). The monoisotopic (exact) mass is 356 g/mol. The number of piperidine rings is 1. The van der Waals surface area contributed by atoms with Crippen LogP contribution in [0, 0.1) is 5.92 Å². The highest BCUT2D eigenvalue weighted by Crippen LogP contribution is 2.17. The Hall–Kier alpha value is -1.98. The van der Waals surface area contributed by atoms with Gasteiger partial charge in [-0.05, 0) is 42.6 Å². The SMILES string of the molecule is O=C(Nc1cccc(CS(=O)Cc2ccccc2)c1)C1CCCNC1. The van der Waals surface area contributed by atoms with E-state index in [2.05, 4.69) is 10.6 Å². The van der Waals surface area contributed by atoms with Crippen molar-refractivity contribution in [3.05, 3.63) is 65.7 Å². The predicted molar refractivity (Wildman–Crippen MR) is 103 cm³/mol. The molecule has 132 valence electrons. The summed E-state index contributed by atoms with van der Waals surface area (Å²) < 4.78 is 12.4. The van der Waals surface area contributed by atoms with Crippen LogP contribution >= 0.6 is 0 Å². The summed E-state index contributed by atoms with van der Waals surface area (Å²) in [5.41, 5.74) is 2.84. The molecule has 2 unspecified atom stereocenters. The third kappa shape index (κ3) is 5.51. The number of carbonyl (C=O) groups is 1. The van der Waals surface area contributed by atoms with Crippen molar-refractivity contribution in [2.75, 3.05) is 18.4 Å². The van der Waals surface area contributed by atoms with E-state index < -0.39 is 10.8 Å². The lowest BCUT2D eigenvalue weighted by atomic mass is 9.99. The molecule has 0 aromatic heterocycles. The second-order valence-electron chi connectivity index (χ2n) is 6.45. The molecule has 2 N–H and O–H groups in total. The number of amides is 1. The maximum atomic E-state index is 12.4. The van der Waals surface area contributed by atoms with Crippen LogP contribution in [0.3, 0.4) is 0 Å². The lowest BCUT2D eigenvalue weighted by Crippen LogP contribution is -2.37. The van der Waals surface area contributed by atoms with E-state index in [4.69, 9.17) is 0 Å².